The molecule has 0 unspecified atom stereocenters. The fraction of sp³-hybridized carbons (Fsp3) is 0.294. The van der Waals surface area contributed by atoms with E-state index in [1.807, 2.05) is 38.1 Å². The summed E-state index contributed by atoms with van der Waals surface area (Å²) >= 11 is 0. The second-order valence-electron chi connectivity index (χ2n) is 5.02. The Morgan fingerprint density at radius 1 is 0.864 bits per heavy atom. The Kier molecular flexibility index (Phi) is 4.65. The van der Waals surface area contributed by atoms with Crippen molar-refractivity contribution in [2.24, 2.45) is 0 Å². The van der Waals surface area contributed by atoms with Crippen molar-refractivity contribution in [3.63, 3.8) is 0 Å². The van der Waals surface area contributed by atoms with Gasteiger partial charge in [0, 0.05) is 17.1 Å². The van der Waals surface area contributed by atoms with Gasteiger partial charge in [-0.05, 0) is 43.7 Å². The zero-order valence-corrected chi connectivity index (χ0v) is 13.1. The van der Waals surface area contributed by atoms with Crippen LogP contribution in [0.15, 0.2) is 36.4 Å². The Bertz CT molecular complexity index is 650. The third-order valence-corrected chi connectivity index (χ3v) is 3.63. The van der Waals surface area contributed by atoms with Crippen molar-refractivity contribution in [1.29, 1.82) is 0 Å². The molecule has 0 N–H and O–H groups in total. The van der Waals surface area contributed by atoms with Crippen LogP contribution in [0, 0.1) is 13.8 Å². The molecule has 0 saturated heterocycles. The molecule has 1 aromatic heterocycles. The Hall–Kier alpha value is -2.56. The largest absolute Gasteiger partial charge is 0.468 e. The number of carbonyl (C=O) groups excluding carboxylic acids is 2. The maximum absolute atomic E-state index is 11.8. The summed E-state index contributed by atoms with van der Waals surface area (Å²) in [6.07, 6.45) is 0. The van der Waals surface area contributed by atoms with Crippen LogP contribution in [0.2, 0.25) is 0 Å². The molecule has 2 rings (SSSR count). The Morgan fingerprint density at radius 3 is 1.73 bits per heavy atom. The molecule has 22 heavy (non-hydrogen) atoms. The van der Waals surface area contributed by atoms with E-state index in [0.717, 1.165) is 17.1 Å². The second-order valence-corrected chi connectivity index (χ2v) is 5.02. The molecule has 5 nitrogen and oxygen atoms in total. The van der Waals surface area contributed by atoms with E-state index in [1.54, 1.807) is 12.1 Å². The van der Waals surface area contributed by atoms with Gasteiger partial charge in [-0.2, -0.15) is 0 Å². The number of nitrogens with zero attached hydrogens (tertiary/aromatic N) is 1. The quantitative estimate of drug-likeness (QED) is 0.643. The number of hydrogen-bond acceptors (Lipinski definition) is 4. The standard InChI is InChI=1S/C17H19NO4/c1-11-5-6-12(2)18(11)14-9-7-13(8-10-14)15(16(19)21-3)17(20)22-4/h5-10,15H,1-4H3. The number of esters is 2. The molecule has 0 radical (unpaired) electrons. The van der Waals surface area contributed by atoms with Gasteiger partial charge in [0.1, 0.15) is 0 Å². The predicted molar refractivity (Wildman–Crippen MR) is 82.0 cm³/mol. The number of hydrogen-bond donors (Lipinski definition) is 0. The molecule has 0 atom stereocenters. The first kappa shape index (κ1) is 15.8. The first-order chi connectivity index (χ1) is 10.5. The molecule has 1 aromatic carbocycles. The van der Waals surface area contributed by atoms with E-state index >= 15 is 0 Å². The second kappa shape index (κ2) is 6.47. The van der Waals surface area contributed by atoms with Crippen molar-refractivity contribution in [3.05, 3.63) is 53.3 Å². The van der Waals surface area contributed by atoms with Gasteiger partial charge in [-0.25, -0.2) is 0 Å². The molecule has 0 aliphatic carbocycles. The van der Waals surface area contributed by atoms with E-state index in [2.05, 4.69) is 14.0 Å². The topological polar surface area (TPSA) is 57.5 Å². The van der Waals surface area contributed by atoms with E-state index in [-0.39, 0.29) is 0 Å². The molecule has 0 amide bonds. The van der Waals surface area contributed by atoms with Crippen LogP contribution >= 0.6 is 0 Å². The Labute approximate surface area is 129 Å². The number of methoxy groups -OCH3 is 2. The van der Waals surface area contributed by atoms with Gasteiger partial charge in [0.05, 0.1) is 14.2 Å². The number of ether oxygens (including phenoxy) is 2. The normalized spacial score (nSPS) is 10.6. The van der Waals surface area contributed by atoms with Crippen LogP contribution in [-0.4, -0.2) is 30.7 Å². The molecular formula is C17H19NO4. The number of carbonyl (C=O) groups is 2. The first-order valence-electron chi connectivity index (χ1n) is 6.90. The Balaban J connectivity index is 2.38. The fourth-order valence-corrected chi connectivity index (χ4v) is 2.50. The van der Waals surface area contributed by atoms with Crippen LogP contribution in [0.4, 0.5) is 0 Å². The number of aryl methyl sites for hydroxylation is 2. The summed E-state index contributed by atoms with van der Waals surface area (Å²) in [5.41, 5.74) is 3.74. The van der Waals surface area contributed by atoms with Gasteiger partial charge in [-0.3, -0.25) is 9.59 Å². The van der Waals surface area contributed by atoms with Gasteiger partial charge in [-0.1, -0.05) is 12.1 Å². The molecule has 1 heterocycles. The van der Waals surface area contributed by atoms with Crippen LogP contribution in [0.1, 0.15) is 22.9 Å². The zero-order chi connectivity index (χ0) is 16.3. The fourth-order valence-electron chi connectivity index (χ4n) is 2.50. The van der Waals surface area contributed by atoms with Crippen molar-refractivity contribution in [2.75, 3.05) is 14.2 Å². The number of aromatic nitrogens is 1. The third kappa shape index (κ3) is 2.88. The molecule has 116 valence electrons. The van der Waals surface area contributed by atoms with Crippen molar-refractivity contribution < 1.29 is 19.1 Å². The van der Waals surface area contributed by atoms with Gasteiger partial charge >= 0.3 is 11.9 Å². The van der Waals surface area contributed by atoms with E-state index < -0.39 is 17.9 Å². The van der Waals surface area contributed by atoms with E-state index in [0.29, 0.717) is 5.56 Å². The summed E-state index contributed by atoms with van der Waals surface area (Å²) < 4.78 is 11.5. The lowest BCUT2D eigenvalue weighted by atomic mass is 9.99. The number of benzene rings is 1. The summed E-state index contributed by atoms with van der Waals surface area (Å²) in [7, 11) is 2.50. The molecule has 2 aromatic rings. The summed E-state index contributed by atoms with van der Waals surface area (Å²) in [6.45, 7) is 4.04. The summed E-state index contributed by atoms with van der Waals surface area (Å²) in [5.74, 6) is -2.32. The van der Waals surface area contributed by atoms with E-state index in [1.165, 1.54) is 14.2 Å². The highest BCUT2D eigenvalue weighted by atomic mass is 16.5. The summed E-state index contributed by atoms with van der Waals surface area (Å²) in [6, 6.07) is 11.3. The van der Waals surface area contributed by atoms with Crippen molar-refractivity contribution in [2.45, 2.75) is 19.8 Å². The summed E-state index contributed by atoms with van der Waals surface area (Å²) in [5, 5.41) is 0. The van der Waals surface area contributed by atoms with Gasteiger partial charge < -0.3 is 14.0 Å². The minimum atomic E-state index is -1.06. The molecular weight excluding hydrogens is 282 g/mol. The monoisotopic (exact) mass is 301 g/mol. The first-order valence-corrected chi connectivity index (χ1v) is 6.90. The van der Waals surface area contributed by atoms with Crippen molar-refractivity contribution in [3.8, 4) is 5.69 Å². The van der Waals surface area contributed by atoms with Crippen molar-refractivity contribution in [1.82, 2.24) is 4.57 Å². The van der Waals surface area contributed by atoms with Crippen molar-refractivity contribution >= 4 is 11.9 Å². The number of rotatable bonds is 4. The van der Waals surface area contributed by atoms with Crippen LogP contribution in [0.3, 0.4) is 0 Å². The van der Waals surface area contributed by atoms with Gasteiger partial charge in [-0.15, -0.1) is 0 Å². The van der Waals surface area contributed by atoms with Gasteiger partial charge in [0.15, 0.2) is 5.92 Å². The highest BCUT2D eigenvalue weighted by Gasteiger charge is 2.30. The molecule has 5 heteroatoms. The van der Waals surface area contributed by atoms with E-state index in [4.69, 9.17) is 0 Å². The lowest BCUT2D eigenvalue weighted by molar-refractivity contribution is -0.154. The summed E-state index contributed by atoms with van der Waals surface area (Å²) in [4.78, 5) is 23.6. The smallest absolute Gasteiger partial charge is 0.324 e. The molecule has 0 spiro atoms. The molecule has 0 aliphatic rings. The highest BCUT2D eigenvalue weighted by molar-refractivity contribution is 6.00. The maximum atomic E-state index is 11.8. The van der Waals surface area contributed by atoms with Gasteiger partial charge in [0.25, 0.3) is 0 Å². The maximum Gasteiger partial charge on any atom is 0.324 e. The average molecular weight is 301 g/mol. The molecule has 0 fully saturated rings. The molecule has 0 bridgehead atoms. The minimum absolute atomic E-state index is 0.546. The zero-order valence-electron chi connectivity index (χ0n) is 13.1. The minimum Gasteiger partial charge on any atom is -0.468 e. The third-order valence-electron chi connectivity index (χ3n) is 3.63. The van der Waals surface area contributed by atoms with Crippen LogP contribution in [-0.2, 0) is 19.1 Å². The highest BCUT2D eigenvalue weighted by Crippen LogP contribution is 2.22. The predicted octanol–water partition coefficient (Wildman–Crippen LogP) is 2.52. The molecule has 0 aliphatic heterocycles. The van der Waals surface area contributed by atoms with E-state index in [9.17, 15) is 9.59 Å². The molecule has 0 saturated carbocycles. The van der Waals surface area contributed by atoms with Gasteiger partial charge in [0.2, 0.25) is 0 Å². The SMILES string of the molecule is COC(=O)C(C(=O)OC)c1ccc(-n2c(C)ccc2C)cc1. The van der Waals surface area contributed by atoms with Crippen LogP contribution in [0.25, 0.3) is 5.69 Å². The lowest BCUT2D eigenvalue weighted by Gasteiger charge is -2.14. The van der Waals surface area contributed by atoms with Crippen LogP contribution < -0.4 is 0 Å². The van der Waals surface area contributed by atoms with Crippen LogP contribution in [0.5, 0.6) is 0 Å². The Morgan fingerprint density at radius 2 is 1.32 bits per heavy atom. The average Bonchev–Trinajstić information content (AvgIpc) is 2.86. The lowest BCUT2D eigenvalue weighted by Crippen LogP contribution is -2.24.